The summed E-state index contributed by atoms with van der Waals surface area (Å²) >= 11 is 0. The molecule has 3 aliphatic heterocycles. The highest BCUT2D eigenvalue weighted by Gasteiger charge is 2.43. The van der Waals surface area contributed by atoms with Gasteiger partial charge in [-0.15, -0.1) is 0 Å². The molecule has 18 heavy (non-hydrogen) atoms. The second kappa shape index (κ2) is 3.97. The summed E-state index contributed by atoms with van der Waals surface area (Å²) in [5, 5.41) is 14.0. The number of rotatable bonds is 0. The number of hydrogen-bond donors (Lipinski definition) is 2. The van der Waals surface area contributed by atoms with E-state index >= 15 is 0 Å². The zero-order valence-electron chi connectivity index (χ0n) is 10.6. The number of para-hydroxylation sites is 1. The monoisotopic (exact) mass is 244 g/mol. The van der Waals surface area contributed by atoms with Crippen molar-refractivity contribution in [2.45, 2.75) is 43.9 Å². The lowest BCUT2D eigenvalue weighted by molar-refractivity contribution is 0.143. The molecule has 3 aliphatic rings. The Bertz CT molecular complexity index is 474. The van der Waals surface area contributed by atoms with Crippen molar-refractivity contribution in [1.29, 1.82) is 0 Å². The van der Waals surface area contributed by atoms with E-state index in [1.807, 2.05) is 0 Å². The molecule has 0 spiro atoms. The van der Waals surface area contributed by atoms with Gasteiger partial charge in [-0.1, -0.05) is 18.2 Å². The number of fused-ring (bicyclic) bond motifs is 3. The number of nitrogens with zero attached hydrogens (tertiary/aromatic N) is 1. The molecule has 1 fully saturated rings. The third-order valence-corrected chi connectivity index (χ3v) is 4.84. The van der Waals surface area contributed by atoms with Crippen molar-refractivity contribution in [2.75, 3.05) is 18.0 Å². The minimum absolute atomic E-state index is 0.277. The van der Waals surface area contributed by atoms with Crippen LogP contribution in [0, 0.1) is 0 Å². The number of anilines is 1. The molecule has 96 valence electrons. The fourth-order valence-corrected chi connectivity index (χ4v) is 4.07. The number of benzene rings is 1. The highest BCUT2D eigenvalue weighted by Crippen LogP contribution is 2.47. The first kappa shape index (κ1) is 10.8. The van der Waals surface area contributed by atoms with Crippen molar-refractivity contribution in [2.24, 2.45) is 0 Å². The van der Waals surface area contributed by atoms with Gasteiger partial charge in [0.05, 0.1) is 0 Å². The molecule has 2 N–H and O–H groups in total. The summed E-state index contributed by atoms with van der Waals surface area (Å²) in [6.45, 7) is 2.14. The molecule has 3 nitrogen and oxygen atoms in total. The van der Waals surface area contributed by atoms with Crippen LogP contribution in [0.1, 0.15) is 36.3 Å². The second-order valence-corrected chi connectivity index (χ2v) is 5.80. The van der Waals surface area contributed by atoms with Gasteiger partial charge in [-0.05, 0) is 43.4 Å². The number of aryl methyl sites for hydroxylation is 1. The minimum Gasteiger partial charge on any atom is -0.374 e. The number of aliphatic hydroxyl groups excluding tert-OH is 1. The molecule has 0 aromatic heterocycles. The Morgan fingerprint density at radius 3 is 3.17 bits per heavy atom. The van der Waals surface area contributed by atoms with Crippen molar-refractivity contribution in [3.8, 4) is 0 Å². The number of nitrogens with one attached hydrogen (secondary N) is 1. The highest BCUT2D eigenvalue weighted by atomic mass is 16.3. The lowest BCUT2D eigenvalue weighted by atomic mass is 9.89. The van der Waals surface area contributed by atoms with Gasteiger partial charge in [-0.25, -0.2) is 0 Å². The zero-order chi connectivity index (χ0) is 12.1. The molecule has 0 aliphatic carbocycles. The molecule has 3 heteroatoms. The van der Waals surface area contributed by atoms with E-state index < -0.39 is 0 Å². The Morgan fingerprint density at radius 1 is 1.28 bits per heavy atom. The standard InChI is InChI=1S/C15H20N2O/c18-14-6-2-4-10-3-1-5-11-12-9-16-8-7-13(12)17(14)15(10)11/h1,3,5,12-14,16,18H,2,4,6-9H2. The van der Waals surface area contributed by atoms with E-state index in [4.69, 9.17) is 0 Å². The Morgan fingerprint density at radius 2 is 2.22 bits per heavy atom. The Kier molecular flexibility index (Phi) is 2.39. The Hall–Kier alpha value is -1.06. The van der Waals surface area contributed by atoms with Crippen LogP contribution in [0.25, 0.3) is 0 Å². The van der Waals surface area contributed by atoms with Gasteiger partial charge >= 0.3 is 0 Å². The third-order valence-electron chi connectivity index (χ3n) is 4.84. The van der Waals surface area contributed by atoms with Crippen LogP contribution in [0.3, 0.4) is 0 Å². The predicted octanol–water partition coefficient (Wildman–Crippen LogP) is 1.61. The van der Waals surface area contributed by atoms with Crippen LogP contribution in [-0.2, 0) is 6.42 Å². The van der Waals surface area contributed by atoms with Gasteiger partial charge in [0, 0.05) is 24.2 Å². The lowest BCUT2D eigenvalue weighted by Gasteiger charge is -2.36. The SMILES string of the molecule is OC1CCCc2cccc3c2N1C1CCNCC31. The van der Waals surface area contributed by atoms with Crippen molar-refractivity contribution < 1.29 is 5.11 Å². The van der Waals surface area contributed by atoms with E-state index in [1.54, 1.807) is 0 Å². The van der Waals surface area contributed by atoms with Crippen molar-refractivity contribution in [3.63, 3.8) is 0 Å². The predicted molar refractivity (Wildman–Crippen MR) is 71.9 cm³/mol. The maximum absolute atomic E-state index is 10.5. The normalized spacial score (nSPS) is 33.8. The summed E-state index contributed by atoms with van der Waals surface area (Å²) in [4.78, 5) is 2.34. The van der Waals surface area contributed by atoms with Crippen LogP contribution >= 0.6 is 0 Å². The van der Waals surface area contributed by atoms with Crippen LogP contribution < -0.4 is 10.2 Å². The van der Waals surface area contributed by atoms with E-state index in [-0.39, 0.29) is 6.23 Å². The van der Waals surface area contributed by atoms with Gasteiger partial charge < -0.3 is 15.3 Å². The van der Waals surface area contributed by atoms with Crippen molar-refractivity contribution in [1.82, 2.24) is 5.32 Å². The van der Waals surface area contributed by atoms with Crippen molar-refractivity contribution in [3.05, 3.63) is 29.3 Å². The Balaban J connectivity index is 1.89. The summed E-state index contributed by atoms with van der Waals surface area (Å²) in [7, 11) is 0. The molecular formula is C15H20N2O. The van der Waals surface area contributed by atoms with E-state index in [1.165, 1.54) is 16.8 Å². The van der Waals surface area contributed by atoms with E-state index in [9.17, 15) is 5.11 Å². The molecular weight excluding hydrogens is 224 g/mol. The molecule has 1 saturated heterocycles. The molecule has 0 amide bonds. The first-order valence-corrected chi connectivity index (χ1v) is 7.15. The third kappa shape index (κ3) is 1.38. The lowest BCUT2D eigenvalue weighted by Crippen LogP contribution is -2.48. The number of aliphatic hydroxyl groups is 1. The van der Waals surface area contributed by atoms with Gasteiger partial charge in [0.15, 0.2) is 0 Å². The molecule has 0 radical (unpaired) electrons. The first-order valence-electron chi connectivity index (χ1n) is 7.15. The summed E-state index contributed by atoms with van der Waals surface area (Å²) in [5.41, 5.74) is 4.27. The molecule has 0 bridgehead atoms. The maximum atomic E-state index is 10.5. The quantitative estimate of drug-likeness (QED) is 0.728. The van der Waals surface area contributed by atoms with Gasteiger partial charge in [0.25, 0.3) is 0 Å². The molecule has 1 aromatic rings. The van der Waals surface area contributed by atoms with Crippen LogP contribution in [0.5, 0.6) is 0 Å². The summed E-state index contributed by atoms with van der Waals surface area (Å²) in [6.07, 6.45) is 3.99. The molecule has 0 saturated carbocycles. The van der Waals surface area contributed by atoms with Gasteiger partial charge in [-0.2, -0.15) is 0 Å². The fraction of sp³-hybridized carbons (Fsp3) is 0.600. The zero-order valence-corrected chi connectivity index (χ0v) is 10.6. The van der Waals surface area contributed by atoms with Crippen LogP contribution in [0.2, 0.25) is 0 Å². The largest absolute Gasteiger partial charge is 0.374 e. The molecule has 4 rings (SSSR count). The smallest absolute Gasteiger partial charge is 0.127 e. The van der Waals surface area contributed by atoms with E-state index in [0.29, 0.717) is 12.0 Å². The molecule has 3 atom stereocenters. The highest BCUT2D eigenvalue weighted by molar-refractivity contribution is 5.68. The number of piperidine rings is 1. The van der Waals surface area contributed by atoms with Gasteiger partial charge in [-0.3, -0.25) is 0 Å². The average molecular weight is 244 g/mol. The van der Waals surface area contributed by atoms with Crippen LogP contribution in [0.4, 0.5) is 5.69 Å². The second-order valence-electron chi connectivity index (χ2n) is 5.80. The number of hydrogen-bond acceptors (Lipinski definition) is 3. The van der Waals surface area contributed by atoms with Gasteiger partial charge in [0.1, 0.15) is 6.23 Å². The van der Waals surface area contributed by atoms with E-state index in [0.717, 1.165) is 38.8 Å². The summed E-state index contributed by atoms with van der Waals surface area (Å²) in [5.74, 6) is 0.571. The fourth-order valence-electron chi connectivity index (χ4n) is 4.07. The van der Waals surface area contributed by atoms with Crippen LogP contribution in [0.15, 0.2) is 18.2 Å². The first-order chi connectivity index (χ1) is 8.86. The molecule has 1 aromatic carbocycles. The average Bonchev–Trinajstić information content (AvgIpc) is 2.64. The van der Waals surface area contributed by atoms with Crippen molar-refractivity contribution >= 4 is 5.69 Å². The molecule has 3 heterocycles. The summed E-state index contributed by atoms with van der Waals surface area (Å²) in [6, 6.07) is 7.22. The minimum atomic E-state index is -0.277. The topological polar surface area (TPSA) is 35.5 Å². The Labute approximate surface area is 108 Å². The maximum Gasteiger partial charge on any atom is 0.127 e. The van der Waals surface area contributed by atoms with Crippen LogP contribution in [-0.4, -0.2) is 30.5 Å². The van der Waals surface area contributed by atoms with Gasteiger partial charge in [0.2, 0.25) is 0 Å². The molecule has 3 unspecified atom stereocenters. The summed E-state index contributed by atoms with van der Waals surface area (Å²) < 4.78 is 0. The van der Waals surface area contributed by atoms with E-state index in [2.05, 4.69) is 28.4 Å².